The molecule has 0 aliphatic heterocycles. The van der Waals surface area contributed by atoms with Gasteiger partial charge in [0.1, 0.15) is 0 Å². The van der Waals surface area contributed by atoms with Crippen molar-refractivity contribution >= 4 is 37.1 Å². The van der Waals surface area contributed by atoms with E-state index in [1.807, 2.05) is 0 Å². The van der Waals surface area contributed by atoms with Crippen LogP contribution in [0.4, 0.5) is 11.4 Å². The third-order valence-corrected chi connectivity index (χ3v) is 6.22. The van der Waals surface area contributed by atoms with Crippen molar-refractivity contribution in [1.29, 1.82) is 0 Å². The summed E-state index contributed by atoms with van der Waals surface area (Å²) < 4.78 is 49.6. The molecule has 0 heterocycles. The molecular weight excluding hydrogens is 434 g/mol. The first kappa shape index (κ1) is 23.2. The van der Waals surface area contributed by atoms with Gasteiger partial charge < -0.3 is 5.32 Å². The number of nitrogens with one attached hydrogen (secondary N) is 2. The Hall–Kier alpha value is -3.09. The zero-order valence-electron chi connectivity index (χ0n) is 15.9. The normalized spacial score (nSPS) is 11.6. The number of nitro groups is 1. The van der Waals surface area contributed by atoms with Crippen molar-refractivity contribution in [2.24, 2.45) is 0 Å². The summed E-state index contributed by atoms with van der Waals surface area (Å²) in [6.07, 6.45) is 2.30. The molecule has 0 saturated carbocycles. The minimum Gasteiger partial charge on any atom is -0.322 e. The summed E-state index contributed by atoms with van der Waals surface area (Å²) in [4.78, 5) is 22.4. The lowest BCUT2D eigenvalue weighted by atomic mass is 10.1. The smallest absolute Gasteiger partial charge is 0.271 e. The van der Waals surface area contributed by atoms with Crippen LogP contribution in [0, 0.1) is 10.1 Å². The zero-order valence-corrected chi connectivity index (χ0v) is 17.5. The monoisotopic (exact) mass is 453 g/mol. The fourth-order valence-corrected chi connectivity index (χ4v) is 4.16. The van der Waals surface area contributed by atoms with Gasteiger partial charge in [-0.1, -0.05) is 18.2 Å². The van der Waals surface area contributed by atoms with E-state index in [9.17, 15) is 31.7 Å². The molecule has 0 aliphatic carbocycles. The average molecular weight is 453 g/mol. The molecule has 2 N–H and O–H groups in total. The van der Waals surface area contributed by atoms with Gasteiger partial charge in [0.25, 0.3) is 11.6 Å². The maximum Gasteiger partial charge on any atom is 0.271 e. The molecule has 0 fully saturated rings. The number of nitrogens with zero attached hydrogens (tertiary/aromatic N) is 1. The molecule has 10 nitrogen and oxygen atoms in total. The first-order valence-corrected chi connectivity index (χ1v) is 11.9. The number of carbonyl (C=O) groups excluding carboxylic acids is 1. The largest absolute Gasteiger partial charge is 0.322 e. The van der Waals surface area contributed by atoms with Gasteiger partial charge in [-0.15, -0.1) is 6.58 Å². The van der Waals surface area contributed by atoms with Crippen LogP contribution in [0.5, 0.6) is 0 Å². The Bertz CT molecular complexity index is 1190. The van der Waals surface area contributed by atoms with Crippen LogP contribution in [-0.2, 0) is 25.6 Å². The molecule has 2 rings (SSSR count). The van der Waals surface area contributed by atoms with Crippen LogP contribution >= 0.6 is 0 Å². The van der Waals surface area contributed by atoms with E-state index < -0.39 is 36.4 Å². The SMILES string of the molecule is C=CCNS(=O)(=O)Cc1ccc(NC(=O)c2cc([N+](=O)[O-])cc(S(C)(=O)=O)c2)cc1. The number of sulfone groups is 1. The predicted octanol–water partition coefficient (Wildman–Crippen LogP) is 1.86. The van der Waals surface area contributed by atoms with Crippen LogP contribution in [0.3, 0.4) is 0 Å². The molecule has 0 saturated heterocycles. The molecule has 0 bridgehead atoms. The number of anilines is 1. The van der Waals surface area contributed by atoms with Crippen molar-refractivity contribution in [3.05, 3.63) is 76.4 Å². The maximum absolute atomic E-state index is 12.5. The molecule has 1 amide bonds. The quantitative estimate of drug-likeness (QED) is 0.334. The lowest BCUT2D eigenvalue weighted by Gasteiger charge is -2.09. The highest BCUT2D eigenvalue weighted by molar-refractivity contribution is 7.90. The van der Waals surface area contributed by atoms with Gasteiger partial charge in [0.2, 0.25) is 10.0 Å². The Morgan fingerprint density at radius 3 is 2.30 bits per heavy atom. The van der Waals surface area contributed by atoms with E-state index in [4.69, 9.17) is 0 Å². The topological polar surface area (TPSA) is 153 Å². The number of non-ortho nitro benzene ring substituents is 1. The second-order valence-electron chi connectivity index (χ2n) is 6.29. The van der Waals surface area contributed by atoms with Crippen molar-refractivity contribution in [2.45, 2.75) is 10.6 Å². The summed E-state index contributed by atoms with van der Waals surface area (Å²) >= 11 is 0. The Labute approximate surface area is 173 Å². The lowest BCUT2D eigenvalue weighted by molar-refractivity contribution is -0.385. The number of benzene rings is 2. The summed E-state index contributed by atoms with van der Waals surface area (Å²) in [6, 6.07) is 8.81. The Morgan fingerprint density at radius 1 is 1.13 bits per heavy atom. The third-order valence-electron chi connectivity index (χ3n) is 3.81. The molecule has 30 heavy (non-hydrogen) atoms. The van der Waals surface area contributed by atoms with E-state index in [0.29, 0.717) is 11.3 Å². The van der Waals surface area contributed by atoms with E-state index in [2.05, 4.69) is 16.6 Å². The van der Waals surface area contributed by atoms with Crippen molar-refractivity contribution in [1.82, 2.24) is 4.72 Å². The second kappa shape index (κ2) is 9.15. The van der Waals surface area contributed by atoms with Gasteiger partial charge >= 0.3 is 0 Å². The van der Waals surface area contributed by atoms with E-state index in [1.54, 1.807) is 0 Å². The molecule has 160 valence electrons. The van der Waals surface area contributed by atoms with Gasteiger partial charge in [0.05, 0.1) is 15.6 Å². The van der Waals surface area contributed by atoms with E-state index in [-0.39, 0.29) is 22.8 Å². The van der Waals surface area contributed by atoms with Gasteiger partial charge in [-0.05, 0) is 23.8 Å². The van der Waals surface area contributed by atoms with E-state index in [1.165, 1.54) is 30.3 Å². The Morgan fingerprint density at radius 2 is 1.77 bits per heavy atom. The number of hydrogen-bond donors (Lipinski definition) is 2. The summed E-state index contributed by atoms with van der Waals surface area (Å²) in [7, 11) is -7.31. The van der Waals surface area contributed by atoms with Gasteiger partial charge in [0, 0.05) is 36.2 Å². The van der Waals surface area contributed by atoms with Gasteiger partial charge in [-0.25, -0.2) is 21.6 Å². The van der Waals surface area contributed by atoms with Crippen molar-refractivity contribution in [3.8, 4) is 0 Å². The molecule has 2 aromatic carbocycles. The summed E-state index contributed by atoms with van der Waals surface area (Å²) in [6.45, 7) is 3.54. The minimum atomic E-state index is -3.77. The van der Waals surface area contributed by atoms with Crippen LogP contribution in [0.15, 0.2) is 60.0 Å². The summed E-state index contributed by atoms with van der Waals surface area (Å²) in [5, 5.41) is 13.5. The average Bonchev–Trinajstić information content (AvgIpc) is 2.66. The molecule has 0 atom stereocenters. The fourth-order valence-electron chi connectivity index (χ4n) is 2.38. The molecule has 12 heteroatoms. The zero-order chi connectivity index (χ0) is 22.5. The van der Waals surface area contributed by atoms with Crippen LogP contribution in [-0.4, -0.2) is 40.5 Å². The predicted molar refractivity (Wildman–Crippen MR) is 111 cm³/mol. The standard InChI is InChI=1S/C18H19N3O7S2/c1-3-8-19-30(27,28)12-13-4-6-15(7-5-13)20-18(22)14-9-16(21(23)24)11-17(10-14)29(2,25)26/h3-7,9-11,19H,1,8,12H2,2H3,(H,20,22). The van der Waals surface area contributed by atoms with Crippen LogP contribution in [0.1, 0.15) is 15.9 Å². The number of hydrogen-bond acceptors (Lipinski definition) is 7. The first-order valence-electron chi connectivity index (χ1n) is 8.39. The van der Waals surface area contributed by atoms with Crippen LogP contribution in [0.2, 0.25) is 0 Å². The highest BCUT2D eigenvalue weighted by atomic mass is 32.2. The van der Waals surface area contributed by atoms with E-state index >= 15 is 0 Å². The third kappa shape index (κ3) is 6.47. The van der Waals surface area contributed by atoms with Crippen molar-refractivity contribution in [3.63, 3.8) is 0 Å². The summed E-state index contributed by atoms with van der Waals surface area (Å²) in [5.41, 5.74) is 0.0347. The second-order valence-corrected chi connectivity index (χ2v) is 10.1. The molecular formula is C18H19N3O7S2. The van der Waals surface area contributed by atoms with Crippen molar-refractivity contribution < 1.29 is 26.6 Å². The molecule has 2 aromatic rings. The maximum atomic E-state index is 12.5. The Kier molecular flexibility index (Phi) is 7.08. The number of carbonyl (C=O) groups is 1. The number of nitro benzene ring substituents is 1. The van der Waals surface area contributed by atoms with Crippen LogP contribution < -0.4 is 10.0 Å². The minimum absolute atomic E-state index is 0.106. The molecule has 0 radical (unpaired) electrons. The van der Waals surface area contributed by atoms with Gasteiger partial charge in [0.15, 0.2) is 9.84 Å². The van der Waals surface area contributed by atoms with E-state index in [0.717, 1.165) is 24.5 Å². The van der Waals surface area contributed by atoms with Gasteiger partial charge in [-0.2, -0.15) is 0 Å². The number of amides is 1. The molecule has 0 spiro atoms. The number of rotatable bonds is 9. The highest BCUT2D eigenvalue weighted by Gasteiger charge is 2.19. The van der Waals surface area contributed by atoms with Crippen LogP contribution in [0.25, 0.3) is 0 Å². The number of sulfonamides is 1. The summed E-state index contributed by atoms with van der Waals surface area (Å²) in [5.74, 6) is -1.02. The van der Waals surface area contributed by atoms with Gasteiger partial charge in [-0.3, -0.25) is 14.9 Å². The first-order chi connectivity index (χ1) is 13.9. The van der Waals surface area contributed by atoms with Crippen molar-refractivity contribution in [2.75, 3.05) is 18.1 Å². The molecule has 0 aromatic heterocycles. The molecule has 0 unspecified atom stereocenters. The lowest BCUT2D eigenvalue weighted by Crippen LogP contribution is -2.25. The highest BCUT2D eigenvalue weighted by Crippen LogP contribution is 2.22. The Balaban J connectivity index is 2.21. The fraction of sp³-hybridized carbons (Fsp3) is 0.167. The molecule has 0 aliphatic rings.